The second kappa shape index (κ2) is 3.27. The molecule has 4 heteroatoms. The minimum atomic E-state index is -0.711. The molecule has 0 saturated heterocycles. The molecule has 0 unspecified atom stereocenters. The molecule has 2 nitrogen and oxygen atoms in total. The average molecular weight is 187 g/mol. The maximum Gasteiger partial charge on any atom is 0.334 e. The molecule has 0 fully saturated rings. The van der Waals surface area contributed by atoms with E-state index in [2.05, 4.69) is 20.7 Å². The first kappa shape index (κ1) is 7.24. The Bertz CT molecular complexity index is 73.3. The highest BCUT2D eigenvalue weighted by molar-refractivity contribution is 9.10. The van der Waals surface area contributed by atoms with Crippen molar-refractivity contribution in [3.8, 4) is 0 Å². The number of hydrogen-bond donors (Lipinski definition) is 0. The number of carbonyl (C=O) groups excluding carboxylic acids is 1. The summed E-state index contributed by atoms with van der Waals surface area (Å²) < 4.78 is 3.48. The number of esters is 1. The Hall–Kier alpha value is 0.240. The van der Waals surface area contributed by atoms with E-state index < -0.39 is 10.3 Å². The molecule has 0 aliphatic heterocycles. The van der Waals surface area contributed by atoms with E-state index in [0.717, 1.165) is 0 Å². The number of carbonyl (C=O) groups is 1. The van der Waals surface area contributed by atoms with Crippen molar-refractivity contribution in [2.24, 2.45) is 0 Å². The molecule has 1 atom stereocenters. The zero-order chi connectivity index (χ0) is 5.86. The topological polar surface area (TPSA) is 26.3 Å². The van der Waals surface area contributed by atoms with Gasteiger partial charge in [0, 0.05) is 0 Å². The fourth-order valence-electron chi connectivity index (χ4n) is 0.0891. The van der Waals surface area contributed by atoms with Gasteiger partial charge in [0.1, 0.15) is 0 Å². The van der Waals surface area contributed by atoms with E-state index >= 15 is 0 Å². The normalized spacial score (nSPS) is 13.0. The summed E-state index contributed by atoms with van der Waals surface area (Å²) in [5, 5.41) is 0. The van der Waals surface area contributed by atoms with Gasteiger partial charge in [-0.15, -0.1) is 0 Å². The highest BCUT2D eigenvalue weighted by Crippen LogP contribution is 2.04. The molecule has 0 aliphatic rings. The third-order valence-corrected chi connectivity index (χ3v) is 0.931. The van der Waals surface area contributed by atoms with E-state index in [-0.39, 0.29) is 0 Å². The smallest absolute Gasteiger partial charge is 0.334 e. The van der Waals surface area contributed by atoms with Gasteiger partial charge in [0.25, 0.3) is 0 Å². The third kappa shape index (κ3) is 2.88. The van der Waals surface area contributed by atoms with Crippen molar-refractivity contribution in [2.45, 2.75) is 4.29 Å². The number of halogens is 2. The summed E-state index contributed by atoms with van der Waals surface area (Å²) in [6, 6.07) is 0. The van der Waals surface area contributed by atoms with Crippen molar-refractivity contribution in [1.82, 2.24) is 0 Å². The van der Waals surface area contributed by atoms with Gasteiger partial charge in [-0.1, -0.05) is 27.5 Å². The summed E-state index contributed by atoms with van der Waals surface area (Å²) in [5.41, 5.74) is 0. The summed E-state index contributed by atoms with van der Waals surface area (Å²) in [5.74, 6) is -0.471. The fraction of sp³-hybridized carbons (Fsp3) is 0.667. The summed E-state index contributed by atoms with van der Waals surface area (Å²) in [6.07, 6.45) is 0. The van der Waals surface area contributed by atoms with E-state index in [1.54, 1.807) is 0 Å². The van der Waals surface area contributed by atoms with Crippen molar-refractivity contribution in [3.05, 3.63) is 0 Å². The molecule has 0 aromatic carbocycles. The van der Waals surface area contributed by atoms with Gasteiger partial charge in [0.15, 0.2) is 4.29 Å². The SMILES string of the molecule is COC(=O)[C@H](Cl)Br. The molecule has 0 heterocycles. The lowest BCUT2D eigenvalue weighted by Gasteiger charge is -1.94. The van der Waals surface area contributed by atoms with E-state index in [0.29, 0.717) is 0 Å². The quantitative estimate of drug-likeness (QED) is 0.454. The summed E-state index contributed by atoms with van der Waals surface area (Å²) in [7, 11) is 1.28. The predicted octanol–water partition coefficient (Wildman–Crippen LogP) is 1.12. The van der Waals surface area contributed by atoms with Crippen LogP contribution in [0, 0.1) is 0 Å². The average Bonchev–Trinajstić information content (AvgIpc) is 1.65. The standard InChI is InChI=1S/C3H4BrClO2/c1-7-3(6)2(4)5/h2H,1H3/t2-/m0/s1. The van der Waals surface area contributed by atoms with Crippen LogP contribution in [-0.2, 0) is 9.53 Å². The minimum Gasteiger partial charge on any atom is -0.467 e. The van der Waals surface area contributed by atoms with Crippen LogP contribution in [0.25, 0.3) is 0 Å². The Labute approximate surface area is 54.9 Å². The van der Waals surface area contributed by atoms with Gasteiger partial charge in [-0.3, -0.25) is 0 Å². The van der Waals surface area contributed by atoms with Gasteiger partial charge >= 0.3 is 5.97 Å². The van der Waals surface area contributed by atoms with Gasteiger partial charge in [-0.25, -0.2) is 4.79 Å². The third-order valence-electron chi connectivity index (χ3n) is 0.379. The molecule has 0 amide bonds. The number of methoxy groups -OCH3 is 1. The van der Waals surface area contributed by atoms with Crippen LogP contribution in [0.3, 0.4) is 0 Å². The van der Waals surface area contributed by atoms with Crippen LogP contribution in [0.2, 0.25) is 0 Å². The lowest BCUT2D eigenvalue weighted by molar-refractivity contribution is -0.138. The van der Waals surface area contributed by atoms with Crippen LogP contribution in [0.4, 0.5) is 0 Å². The largest absolute Gasteiger partial charge is 0.467 e. The molecular formula is C3H4BrClO2. The van der Waals surface area contributed by atoms with Crippen LogP contribution in [0.5, 0.6) is 0 Å². The lowest BCUT2D eigenvalue weighted by atomic mass is 10.8. The Kier molecular flexibility index (Phi) is 3.38. The van der Waals surface area contributed by atoms with Crippen molar-refractivity contribution < 1.29 is 9.53 Å². The number of ether oxygens (including phenoxy) is 1. The second-order valence-corrected chi connectivity index (χ2v) is 2.70. The van der Waals surface area contributed by atoms with E-state index in [4.69, 9.17) is 11.6 Å². The molecule has 0 aromatic heterocycles. The monoisotopic (exact) mass is 186 g/mol. The fourth-order valence-corrected chi connectivity index (χ4v) is 0.365. The van der Waals surface area contributed by atoms with Gasteiger partial charge in [-0.2, -0.15) is 0 Å². The molecule has 0 saturated carbocycles. The summed E-state index contributed by atoms with van der Waals surface area (Å²) in [6.45, 7) is 0. The van der Waals surface area contributed by atoms with Crippen LogP contribution in [0.15, 0.2) is 0 Å². The van der Waals surface area contributed by atoms with Crippen molar-refractivity contribution >= 4 is 33.5 Å². The van der Waals surface area contributed by atoms with E-state index in [1.165, 1.54) is 7.11 Å². The Morgan fingerprint density at radius 1 is 2.00 bits per heavy atom. The molecule has 7 heavy (non-hydrogen) atoms. The summed E-state index contributed by atoms with van der Waals surface area (Å²) >= 11 is 7.96. The predicted molar refractivity (Wildman–Crippen MR) is 30.6 cm³/mol. The maximum atomic E-state index is 10.1. The first-order chi connectivity index (χ1) is 3.18. The van der Waals surface area contributed by atoms with Gasteiger partial charge < -0.3 is 4.74 Å². The molecule has 0 spiro atoms. The van der Waals surface area contributed by atoms with E-state index in [9.17, 15) is 4.79 Å². The Morgan fingerprint density at radius 2 is 2.43 bits per heavy atom. The van der Waals surface area contributed by atoms with Crippen molar-refractivity contribution in [2.75, 3.05) is 7.11 Å². The van der Waals surface area contributed by atoms with Gasteiger partial charge in [0.2, 0.25) is 0 Å². The highest BCUT2D eigenvalue weighted by Gasteiger charge is 2.08. The van der Waals surface area contributed by atoms with Gasteiger partial charge in [-0.05, 0) is 0 Å². The molecule has 0 bridgehead atoms. The molecular weight excluding hydrogens is 183 g/mol. The van der Waals surface area contributed by atoms with Crippen LogP contribution >= 0.6 is 27.5 Å². The number of hydrogen-bond acceptors (Lipinski definition) is 2. The molecule has 0 N–H and O–H groups in total. The Morgan fingerprint density at radius 3 is 2.43 bits per heavy atom. The zero-order valence-corrected chi connectivity index (χ0v) is 5.99. The lowest BCUT2D eigenvalue weighted by Crippen LogP contribution is -2.07. The molecule has 0 aliphatic carbocycles. The first-order valence-electron chi connectivity index (χ1n) is 1.54. The second-order valence-electron chi connectivity index (χ2n) is 0.824. The van der Waals surface area contributed by atoms with E-state index in [1.807, 2.05) is 0 Å². The van der Waals surface area contributed by atoms with Crippen LogP contribution < -0.4 is 0 Å². The molecule has 42 valence electrons. The number of alkyl halides is 2. The minimum absolute atomic E-state index is 0.471. The van der Waals surface area contributed by atoms with Crippen molar-refractivity contribution in [1.29, 1.82) is 0 Å². The Balaban J connectivity index is 3.35. The van der Waals surface area contributed by atoms with Crippen molar-refractivity contribution in [3.63, 3.8) is 0 Å². The van der Waals surface area contributed by atoms with Gasteiger partial charge in [0.05, 0.1) is 7.11 Å². The summed E-state index contributed by atoms with van der Waals surface area (Å²) in [4.78, 5) is 10.1. The first-order valence-corrected chi connectivity index (χ1v) is 2.89. The van der Waals surface area contributed by atoms with Crippen LogP contribution in [0.1, 0.15) is 0 Å². The maximum absolute atomic E-state index is 10.1. The number of rotatable bonds is 1. The highest BCUT2D eigenvalue weighted by atomic mass is 79.9. The molecule has 0 rings (SSSR count). The molecule has 0 radical (unpaired) electrons. The zero-order valence-electron chi connectivity index (χ0n) is 3.65. The molecule has 0 aromatic rings. The van der Waals surface area contributed by atoms with Crippen LogP contribution in [-0.4, -0.2) is 17.4 Å².